The molecule has 2 aliphatic rings. The summed E-state index contributed by atoms with van der Waals surface area (Å²) >= 11 is 0. The molecule has 0 saturated carbocycles. The first kappa shape index (κ1) is 12.9. The van der Waals surface area contributed by atoms with Crippen LogP contribution in [0.2, 0.25) is 0 Å². The molecule has 1 N–H and O–H groups in total. The van der Waals surface area contributed by atoms with Crippen LogP contribution in [0.5, 0.6) is 0 Å². The Bertz CT molecular complexity index is 441. The topological polar surface area (TPSA) is 21.3 Å². The van der Waals surface area contributed by atoms with E-state index in [1.54, 1.807) is 0 Å². The Hall–Kier alpha value is -1.12. The SMILES string of the molecule is C1=CCC(CNCC2OCCc3ccccc32)CC1. The fourth-order valence-corrected chi connectivity index (χ4v) is 3.11. The molecule has 1 aromatic carbocycles. The van der Waals surface area contributed by atoms with E-state index >= 15 is 0 Å². The number of fused-ring (bicyclic) bond motifs is 1. The molecule has 2 unspecified atom stereocenters. The summed E-state index contributed by atoms with van der Waals surface area (Å²) in [6.45, 7) is 2.92. The molecule has 0 aromatic heterocycles. The van der Waals surface area contributed by atoms with Gasteiger partial charge in [-0.1, -0.05) is 36.4 Å². The van der Waals surface area contributed by atoms with Crippen LogP contribution in [0, 0.1) is 5.92 Å². The maximum absolute atomic E-state index is 5.92. The number of hydrogen-bond acceptors (Lipinski definition) is 2. The second-order valence-electron chi connectivity index (χ2n) is 5.62. The Morgan fingerprint density at radius 3 is 3.00 bits per heavy atom. The van der Waals surface area contributed by atoms with E-state index in [0.717, 1.165) is 32.0 Å². The summed E-state index contributed by atoms with van der Waals surface area (Å²) in [6.07, 6.45) is 9.72. The molecule has 2 heteroatoms. The van der Waals surface area contributed by atoms with Crippen LogP contribution in [-0.2, 0) is 11.2 Å². The van der Waals surface area contributed by atoms with E-state index in [-0.39, 0.29) is 6.10 Å². The zero-order valence-corrected chi connectivity index (χ0v) is 11.5. The first-order valence-electron chi connectivity index (χ1n) is 7.48. The van der Waals surface area contributed by atoms with Gasteiger partial charge in [-0.2, -0.15) is 0 Å². The van der Waals surface area contributed by atoms with Crippen molar-refractivity contribution in [2.45, 2.75) is 31.8 Å². The van der Waals surface area contributed by atoms with Crippen molar-refractivity contribution in [3.63, 3.8) is 0 Å². The van der Waals surface area contributed by atoms with Gasteiger partial charge in [0.2, 0.25) is 0 Å². The summed E-state index contributed by atoms with van der Waals surface area (Å²) in [6, 6.07) is 8.69. The van der Waals surface area contributed by atoms with Crippen LogP contribution in [0.25, 0.3) is 0 Å². The second kappa shape index (κ2) is 6.36. The van der Waals surface area contributed by atoms with Gasteiger partial charge in [0.15, 0.2) is 0 Å². The lowest BCUT2D eigenvalue weighted by Crippen LogP contribution is -2.31. The van der Waals surface area contributed by atoms with E-state index < -0.39 is 0 Å². The molecule has 0 radical (unpaired) electrons. The van der Waals surface area contributed by atoms with E-state index in [9.17, 15) is 0 Å². The molecule has 19 heavy (non-hydrogen) atoms. The van der Waals surface area contributed by atoms with Crippen LogP contribution in [-0.4, -0.2) is 19.7 Å². The monoisotopic (exact) mass is 257 g/mol. The Labute approximate surface area is 115 Å². The Kier molecular flexibility index (Phi) is 4.31. The first-order valence-corrected chi connectivity index (χ1v) is 7.48. The molecule has 0 bridgehead atoms. The van der Waals surface area contributed by atoms with Gasteiger partial charge in [0.05, 0.1) is 12.7 Å². The molecule has 0 saturated heterocycles. The molecule has 1 aliphatic carbocycles. The predicted molar refractivity (Wildman–Crippen MR) is 78.2 cm³/mol. The minimum atomic E-state index is 0.240. The number of rotatable bonds is 4. The maximum Gasteiger partial charge on any atom is 0.0952 e. The van der Waals surface area contributed by atoms with Crippen molar-refractivity contribution >= 4 is 0 Å². The summed E-state index contributed by atoms with van der Waals surface area (Å²) in [4.78, 5) is 0. The molecule has 0 fully saturated rings. The van der Waals surface area contributed by atoms with Gasteiger partial charge in [0, 0.05) is 6.54 Å². The Morgan fingerprint density at radius 2 is 2.11 bits per heavy atom. The lowest BCUT2D eigenvalue weighted by molar-refractivity contribution is 0.0419. The molecule has 102 valence electrons. The van der Waals surface area contributed by atoms with E-state index in [2.05, 4.69) is 41.7 Å². The Balaban J connectivity index is 1.52. The van der Waals surface area contributed by atoms with Crippen molar-refractivity contribution in [1.82, 2.24) is 5.32 Å². The third-order valence-corrected chi connectivity index (χ3v) is 4.23. The molecular formula is C17H23NO. The fraction of sp³-hybridized carbons (Fsp3) is 0.529. The van der Waals surface area contributed by atoms with Crippen molar-refractivity contribution in [2.75, 3.05) is 19.7 Å². The zero-order chi connectivity index (χ0) is 12.9. The van der Waals surface area contributed by atoms with Gasteiger partial charge >= 0.3 is 0 Å². The third kappa shape index (κ3) is 3.26. The first-order chi connectivity index (χ1) is 9.43. The highest BCUT2D eigenvalue weighted by molar-refractivity contribution is 5.31. The summed E-state index contributed by atoms with van der Waals surface area (Å²) in [5.74, 6) is 0.809. The van der Waals surface area contributed by atoms with Crippen molar-refractivity contribution in [3.8, 4) is 0 Å². The number of allylic oxidation sites excluding steroid dienone is 2. The molecule has 1 aromatic rings. The molecule has 0 amide bonds. The lowest BCUT2D eigenvalue weighted by Gasteiger charge is -2.27. The number of ether oxygens (including phenoxy) is 1. The van der Waals surface area contributed by atoms with Gasteiger partial charge in [-0.15, -0.1) is 0 Å². The highest BCUT2D eigenvalue weighted by atomic mass is 16.5. The highest BCUT2D eigenvalue weighted by Gasteiger charge is 2.20. The van der Waals surface area contributed by atoms with Gasteiger partial charge in [-0.25, -0.2) is 0 Å². The van der Waals surface area contributed by atoms with Crippen molar-refractivity contribution in [1.29, 1.82) is 0 Å². The van der Waals surface area contributed by atoms with Gasteiger partial charge in [0.1, 0.15) is 0 Å². The van der Waals surface area contributed by atoms with Crippen LogP contribution in [0.15, 0.2) is 36.4 Å². The fourth-order valence-electron chi connectivity index (χ4n) is 3.11. The minimum absolute atomic E-state index is 0.240. The number of benzene rings is 1. The van der Waals surface area contributed by atoms with Crippen LogP contribution in [0.3, 0.4) is 0 Å². The van der Waals surface area contributed by atoms with Crippen molar-refractivity contribution in [2.24, 2.45) is 5.92 Å². The Morgan fingerprint density at radius 1 is 1.16 bits per heavy atom. The number of hydrogen-bond donors (Lipinski definition) is 1. The molecule has 1 aliphatic heterocycles. The molecule has 2 nitrogen and oxygen atoms in total. The largest absolute Gasteiger partial charge is 0.372 e. The van der Waals surface area contributed by atoms with E-state index in [0.29, 0.717) is 0 Å². The smallest absolute Gasteiger partial charge is 0.0952 e. The standard InChI is InChI=1S/C17H23NO/c1-2-6-14(7-3-1)12-18-13-17-16-9-5-4-8-15(16)10-11-19-17/h1-2,4-5,8-9,14,17-18H,3,6-7,10-13H2. The van der Waals surface area contributed by atoms with Gasteiger partial charge in [-0.05, 0) is 49.3 Å². The summed E-state index contributed by atoms with van der Waals surface area (Å²) in [7, 11) is 0. The summed E-state index contributed by atoms with van der Waals surface area (Å²) in [5.41, 5.74) is 2.84. The van der Waals surface area contributed by atoms with Gasteiger partial charge in [-0.3, -0.25) is 0 Å². The normalized spacial score (nSPS) is 26.1. The second-order valence-corrected chi connectivity index (χ2v) is 5.62. The minimum Gasteiger partial charge on any atom is -0.372 e. The van der Waals surface area contributed by atoms with Crippen molar-refractivity contribution in [3.05, 3.63) is 47.5 Å². The van der Waals surface area contributed by atoms with Crippen LogP contribution >= 0.6 is 0 Å². The van der Waals surface area contributed by atoms with Gasteiger partial charge in [0.25, 0.3) is 0 Å². The lowest BCUT2D eigenvalue weighted by atomic mass is 9.94. The molecule has 3 rings (SSSR count). The van der Waals surface area contributed by atoms with Crippen molar-refractivity contribution < 1.29 is 4.74 Å². The third-order valence-electron chi connectivity index (χ3n) is 4.23. The molecule has 2 atom stereocenters. The average molecular weight is 257 g/mol. The van der Waals surface area contributed by atoms with E-state index in [1.807, 2.05) is 0 Å². The quantitative estimate of drug-likeness (QED) is 0.836. The molecule has 0 spiro atoms. The summed E-state index contributed by atoms with van der Waals surface area (Å²) in [5, 5.41) is 3.61. The van der Waals surface area contributed by atoms with Crippen LogP contribution in [0.4, 0.5) is 0 Å². The van der Waals surface area contributed by atoms with Crippen LogP contribution in [0.1, 0.15) is 36.5 Å². The molecular weight excluding hydrogens is 234 g/mol. The van der Waals surface area contributed by atoms with Gasteiger partial charge < -0.3 is 10.1 Å². The van der Waals surface area contributed by atoms with E-state index in [1.165, 1.54) is 30.4 Å². The maximum atomic E-state index is 5.92. The summed E-state index contributed by atoms with van der Waals surface area (Å²) < 4.78 is 5.92. The predicted octanol–water partition coefficient (Wildman–Crippen LogP) is 3.25. The zero-order valence-electron chi connectivity index (χ0n) is 11.5. The number of nitrogens with one attached hydrogen (secondary N) is 1. The highest BCUT2D eigenvalue weighted by Crippen LogP contribution is 2.26. The average Bonchev–Trinajstić information content (AvgIpc) is 2.49. The molecule has 1 heterocycles. The van der Waals surface area contributed by atoms with E-state index in [4.69, 9.17) is 4.74 Å². The van der Waals surface area contributed by atoms with Crippen LogP contribution < -0.4 is 5.32 Å².